The van der Waals surface area contributed by atoms with E-state index in [0.717, 1.165) is 11.1 Å². The Hall–Kier alpha value is -2.04. The number of carboxylic acids is 2. The van der Waals surface area contributed by atoms with Crippen LogP contribution in [0, 0.1) is 0 Å². The van der Waals surface area contributed by atoms with Crippen LogP contribution < -0.4 is 4.74 Å². The van der Waals surface area contributed by atoms with Crippen molar-refractivity contribution < 1.29 is 24.5 Å². The molecule has 0 heterocycles. The lowest BCUT2D eigenvalue weighted by atomic mass is 10.0. The fourth-order valence-corrected chi connectivity index (χ4v) is 1.78. The molecule has 0 bridgehead atoms. The predicted octanol–water partition coefficient (Wildman–Crippen LogP) is 1.73. The van der Waals surface area contributed by atoms with Crippen LogP contribution in [0.2, 0.25) is 0 Å². The quantitative estimate of drug-likeness (QED) is 0.772. The third-order valence-electron chi connectivity index (χ3n) is 2.60. The van der Waals surface area contributed by atoms with Crippen LogP contribution in [0.15, 0.2) is 18.2 Å². The highest BCUT2D eigenvalue weighted by molar-refractivity contribution is 5.68. The SMILES string of the molecule is COc1c(CCC(=O)O)cccc1CCC(=O)O. The Bertz CT molecular complexity index is 403. The average molecular weight is 252 g/mol. The first-order valence-electron chi connectivity index (χ1n) is 5.63. The van der Waals surface area contributed by atoms with Crippen LogP contribution in [0.1, 0.15) is 24.0 Å². The van der Waals surface area contributed by atoms with Crippen molar-refractivity contribution in [2.45, 2.75) is 25.7 Å². The van der Waals surface area contributed by atoms with Gasteiger partial charge in [0.2, 0.25) is 0 Å². The lowest BCUT2D eigenvalue weighted by molar-refractivity contribution is -0.137. The third kappa shape index (κ3) is 4.08. The van der Waals surface area contributed by atoms with E-state index in [0.29, 0.717) is 18.6 Å². The van der Waals surface area contributed by atoms with Gasteiger partial charge < -0.3 is 14.9 Å². The van der Waals surface area contributed by atoms with Gasteiger partial charge >= 0.3 is 11.9 Å². The molecule has 0 radical (unpaired) electrons. The summed E-state index contributed by atoms with van der Waals surface area (Å²) in [7, 11) is 1.50. The van der Waals surface area contributed by atoms with Gasteiger partial charge in [0.15, 0.2) is 0 Å². The summed E-state index contributed by atoms with van der Waals surface area (Å²) < 4.78 is 5.26. The second kappa shape index (κ2) is 6.64. The number of hydrogen-bond acceptors (Lipinski definition) is 3. The number of aryl methyl sites for hydroxylation is 2. The summed E-state index contributed by atoms with van der Waals surface area (Å²) in [6, 6.07) is 5.38. The number of para-hydroxylation sites is 1. The predicted molar refractivity (Wildman–Crippen MR) is 64.9 cm³/mol. The Morgan fingerprint density at radius 2 is 1.50 bits per heavy atom. The summed E-state index contributed by atoms with van der Waals surface area (Å²) in [5.41, 5.74) is 1.59. The third-order valence-corrected chi connectivity index (χ3v) is 2.60. The van der Waals surface area contributed by atoms with Crippen molar-refractivity contribution in [3.05, 3.63) is 29.3 Å². The summed E-state index contributed by atoms with van der Waals surface area (Å²) in [4.78, 5) is 21.1. The van der Waals surface area contributed by atoms with Crippen LogP contribution in [0.4, 0.5) is 0 Å². The van der Waals surface area contributed by atoms with Crippen molar-refractivity contribution in [1.82, 2.24) is 0 Å². The zero-order valence-corrected chi connectivity index (χ0v) is 10.2. The van der Waals surface area contributed by atoms with E-state index in [2.05, 4.69) is 0 Å². The fraction of sp³-hybridized carbons (Fsp3) is 0.385. The Balaban J connectivity index is 2.87. The van der Waals surface area contributed by atoms with Gasteiger partial charge in [-0.15, -0.1) is 0 Å². The van der Waals surface area contributed by atoms with Crippen molar-refractivity contribution in [2.24, 2.45) is 0 Å². The first kappa shape index (κ1) is 14.0. The molecule has 18 heavy (non-hydrogen) atoms. The Kier molecular flexibility index (Phi) is 5.17. The van der Waals surface area contributed by atoms with Crippen molar-refractivity contribution in [3.8, 4) is 5.75 Å². The molecule has 5 heteroatoms. The molecule has 0 fully saturated rings. The van der Waals surface area contributed by atoms with E-state index in [1.807, 2.05) is 0 Å². The van der Waals surface area contributed by atoms with Crippen LogP contribution in [0.25, 0.3) is 0 Å². The Morgan fingerprint density at radius 1 is 1.06 bits per heavy atom. The monoisotopic (exact) mass is 252 g/mol. The summed E-state index contributed by atoms with van der Waals surface area (Å²) in [5, 5.41) is 17.3. The molecule has 0 atom stereocenters. The zero-order valence-electron chi connectivity index (χ0n) is 10.2. The van der Waals surface area contributed by atoms with Gasteiger partial charge in [0, 0.05) is 12.8 Å². The van der Waals surface area contributed by atoms with Crippen LogP contribution in [0.5, 0.6) is 5.75 Å². The first-order valence-corrected chi connectivity index (χ1v) is 5.63. The van der Waals surface area contributed by atoms with Crippen LogP contribution in [-0.2, 0) is 22.4 Å². The number of carboxylic acid groups (broad SMARTS) is 2. The minimum atomic E-state index is -0.868. The van der Waals surface area contributed by atoms with Crippen LogP contribution >= 0.6 is 0 Å². The lowest BCUT2D eigenvalue weighted by Gasteiger charge is -2.12. The summed E-state index contributed by atoms with van der Waals surface area (Å²) in [6.07, 6.45) is 0.802. The van der Waals surface area contributed by atoms with E-state index in [-0.39, 0.29) is 12.8 Å². The summed E-state index contributed by atoms with van der Waals surface area (Å²) in [6.45, 7) is 0. The van der Waals surface area contributed by atoms with Crippen molar-refractivity contribution in [1.29, 1.82) is 0 Å². The highest BCUT2D eigenvalue weighted by Crippen LogP contribution is 2.26. The zero-order chi connectivity index (χ0) is 13.5. The van der Waals surface area contributed by atoms with Crippen LogP contribution in [-0.4, -0.2) is 29.3 Å². The van der Waals surface area contributed by atoms with Gasteiger partial charge in [0.25, 0.3) is 0 Å². The molecule has 1 aromatic rings. The number of carbonyl (C=O) groups is 2. The first-order chi connectivity index (χ1) is 8.54. The summed E-state index contributed by atoms with van der Waals surface area (Å²) in [5.74, 6) is -1.14. The minimum Gasteiger partial charge on any atom is -0.496 e. The number of rotatable bonds is 7. The molecule has 1 aromatic carbocycles. The molecular weight excluding hydrogens is 236 g/mol. The van der Waals surface area contributed by atoms with E-state index in [1.165, 1.54) is 7.11 Å². The van der Waals surface area contributed by atoms with E-state index in [1.54, 1.807) is 18.2 Å². The van der Waals surface area contributed by atoms with Gasteiger partial charge in [-0.3, -0.25) is 9.59 Å². The van der Waals surface area contributed by atoms with Gasteiger partial charge in [-0.2, -0.15) is 0 Å². The highest BCUT2D eigenvalue weighted by atomic mass is 16.5. The topological polar surface area (TPSA) is 83.8 Å². The molecule has 5 nitrogen and oxygen atoms in total. The lowest BCUT2D eigenvalue weighted by Crippen LogP contribution is -2.03. The molecule has 0 saturated carbocycles. The smallest absolute Gasteiger partial charge is 0.303 e. The van der Waals surface area contributed by atoms with Gasteiger partial charge in [-0.1, -0.05) is 18.2 Å². The van der Waals surface area contributed by atoms with Crippen molar-refractivity contribution in [3.63, 3.8) is 0 Å². The van der Waals surface area contributed by atoms with Gasteiger partial charge in [0.1, 0.15) is 5.75 Å². The van der Waals surface area contributed by atoms with E-state index >= 15 is 0 Å². The molecule has 0 aliphatic heterocycles. The molecule has 0 spiro atoms. The summed E-state index contributed by atoms with van der Waals surface area (Å²) >= 11 is 0. The number of methoxy groups -OCH3 is 1. The second-order valence-corrected chi connectivity index (χ2v) is 3.90. The molecule has 0 amide bonds. The normalized spacial score (nSPS) is 10.1. The van der Waals surface area contributed by atoms with Crippen molar-refractivity contribution >= 4 is 11.9 Å². The van der Waals surface area contributed by atoms with Gasteiger partial charge in [0.05, 0.1) is 7.11 Å². The number of benzene rings is 1. The average Bonchev–Trinajstić information content (AvgIpc) is 2.33. The standard InChI is InChI=1S/C13H16O5/c1-18-13-9(5-7-11(14)15)3-2-4-10(13)6-8-12(16)17/h2-4H,5-8H2,1H3,(H,14,15)(H,16,17). The maximum absolute atomic E-state index is 10.6. The molecule has 0 saturated heterocycles. The molecule has 1 rings (SSSR count). The molecule has 98 valence electrons. The molecular formula is C13H16O5. The number of aliphatic carboxylic acids is 2. The Labute approximate surface area is 105 Å². The number of hydrogen-bond donors (Lipinski definition) is 2. The van der Waals surface area contributed by atoms with Crippen LogP contribution in [0.3, 0.4) is 0 Å². The molecule has 0 aliphatic carbocycles. The maximum atomic E-state index is 10.6. The van der Waals surface area contributed by atoms with Crippen molar-refractivity contribution in [2.75, 3.05) is 7.11 Å². The minimum absolute atomic E-state index is 0.0265. The van der Waals surface area contributed by atoms with E-state index in [4.69, 9.17) is 14.9 Å². The van der Waals surface area contributed by atoms with E-state index in [9.17, 15) is 9.59 Å². The highest BCUT2D eigenvalue weighted by Gasteiger charge is 2.11. The van der Waals surface area contributed by atoms with Gasteiger partial charge in [-0.05, 0) is 24.0 Å². The number of ether oxygens (including phenoxy) is 1. The molecule has 0 aliphatic rings. The molecule has 0 aromatic heterocycles. The maximum Gasteiger partial charge on any atom is 0.303 e. The fourth-order valence-electron chi connectivity index (χ4n) is 1.78. The Morgan fingerprint density at radius 3 is 1.83 bits per heavy atom. The molecule has 0 unspecified atom stereocenters. The van der Waals surface area contributed by atoms with Gasteiger partial charge in [-0.25, -0.2) is 0 Å². The largest absolute Gasteiger partial charge is 0.496 e. The second-order valence-electron chi connectivity index (χ2n) is 3.90. The molecule has 2 N–H and O–H groups in total. The van der Waals surface area contributed by atoms with E-state index < -0.39 is 11.9 Å².